The monoisotopic (exact) mass is 419 g/mol. The highest BCUT2D eigenvalue weighted by Gasteiger charge is 2.34. The van der Waals surface area contributed by atoms with Gasteiger partial charge in [-0.15, -0.1) is 0 Å². The molecule has 1 aliphatic carbocycles. The highest BCUT2D eigenvalue weighted by atomic mass is 35.5. The molecule has 0 aromatic carbocycles. The minimum absolute atomic E-state index is 0.0499. The summed E-state index contributed by atoms with van der Waals surface area (Å²) >= 11 is 6.28. The van der Waals surface area contributed by atoms with Crippen molar-refractivity contribution in [2.75, 3.05) is 11.9 Å². The van der Waals surface area contributed by atoms with Gasteiger partial charge >= 0.3 is 6.09 Å². The maximum atomic E-state index is 13.0. The van der Waals surface area contributed by atoms with Crippen LogP contribution in [0.5, 0.6) is 0 Å². The first-order valence-electron chi connectivity index (χ1n) is 9.56. The van der Waals surface area contributed by atoms with Crippen LogP contribution in [0, 0.1) is 5.92 Å². The normalized spacial score (nSPS) is 19.1. The second kappa shape index (κ2) is 8.41. The molecule has 0 spiro atoms. The van der Waals surface area contributed by atoms with Crippen LogP contribution in [-0.4, -0.2) is 45.5 Å². The van der Waals surface area contributed by atoms with Gasteiger partial charge in [0.25, 0.3) is 0 Å². The molecule has 156 valence electrons. The third-order valence-corrected chi connectivity index (χ3v) is 5.03. The van der Waals surface area contributed by atoms with E-state index in [9.17, 15) is 9.59 Å². The van der Waals surface area contributed by atoms with E-state index in [4.69, 9.17) is 16.3 Å². The van der Waals surface area contributed by atoms with Gasteiger partial charge in [-0.1, -0.05) is 11.6 Å². The summed E-state index contributed by atoms with van der Waals surface area (Å²) in [5.41, 5.74) is 0.733. The van der Waals surface area contributed by atoms with Crippen molar-refractivity contribution >= 4 is 29.3 Å². The second-order valence-electron chi connectivity index (χ2n) is 8.21. The average molecular weight is 420 g/mol. The number of hydrogen-bond donors (Lipinski definition) is 1. The Hall–Kier alpha value is -2.61. The van der Waals surface area contributed by atoms with Crippen molar-refractivity contribution in [3.63, 3.8) is 0 Å². The van der Waals surface area contributed by atoms with E-state index in [1.807, 2.05) is 26.8 Å². The number of carbonyl (C=O) groups is 2. The van der Waals surface area contributed by atoms with Gasteiger partial charge < -0.3 is 15.0 Å². The fraction of sp³-hybridized carbons (Fsp3) is 0.500. The Morgan fingerprint density at radius 1 is 1.34 bits per heavy atom. The van der Waals surface area contributed by atoms with Crippen molar-refractivity contribution in [3.8, 4) is 5.69 Å². The van der Waals surface area contributed by atoms with Gasteiger partial charge in [-0.25, -0.2) is 9.48 Å². The van der Waals surface area contributed by atoms with E-state index in [-0.39, 0.29) is 23.0 Å². The fourth-order valence-corrected chi connectivity index (χ4v) is 3.65. The number of ether oxygens (including phenoxy) is 1. The molecular formula is C20H26ClN5O3. The quantitative estimate of drug-likeness (QED) is 0.818. The highest BCUT2D eigenvalue weighted by Crippen LogP contribution is 2.31. The first-order chi connectivity index (χ1) is 13.6. The number of nitrogens with zero attached hydrogens (tertiary/aromatic N) is 4. The summed E-state index contributed by atoms with van der Waals surface area (Å²) in [5.74, 6) is -0.246. The molecule has 3 rings (SSSR count). The lowest BCUT2D eigenvalue weighted by Crippen LogP contribution is -2.38. The van der Waals surface area contributed by atoms with Crippen molar-refractivity contribution in [1.29, 1.82) is 0 Å². The Morgan fingerprint density at radius 2 is 2.10 bits per heavy atom. The maximum Gasteiger partial charge on any atom is 0.407 e. The van der Waals surface area contributed by atoms with Gasteiger partial charge in [0.1, 0.15) is 11.3 Å². The largest absolute Gasteiger partial charge is 0.444 e. The van der Waals surface area contributed by atoms with Gasteiger partial charge in [-0.3, -0.25) is 9.78 Å². The number of halogens is 1. The molecule has 2 heterocycles. The van der Waals surface area contributed by atoms with E-state index in [2.05, 4.69) is 15.4 Å². The Balaban J connectivity index is 1.63. The fourth-order valence-electron chi connectivity index (χ4n) is 3.39. The molecule has 1 fully saturated rings. The Bertz CT molecular complexity index is 878. The molecule has 0 radical (unpaired) electrons. The van der Waals surface area contributed by atoms with Crippen molar-refractivity contribution in [2.24, 2.45) is 5.92 Å². The first-order valence-corrected chi connectivity index (χ1v) is 9.94. The van der Waals surface area contributed by atoms with Crippen molar-refractivity contribution < 1.29 is 14.3 Å². The Kier molecular flexibility index (Phi) is 6.12. The molecule has 0 saturated heterocycles. The van der Waals surface area contributed by atoms with E-state index < -0.39 is 11.7 Å². The highest BCUT2D eigenvalue weighted by molar-refractivity contribution is 6.32. The van der Waals surface area contributed by atoms with E-state index >= 15 is 0 Å². The average Bonchev–Trinajstić information content (AvgIpc) is 3.26. The van der Waals surface area contributed by atoms with Crippen molar-refractivity contribution in [1.82, 2.24) is 20.1 Å². The molecule has 1 aliphatic rings. The number of alkyl carbamates (subject to hydrolysis) is 1. The summed E-state index contributed by atoms with van der Waals surface area (Å²) in [6, 6.07) is 3.57. The summed E-state index contributed by atoms with van der Waals surface area (Å²) in [7, 11) is 1.69. The van der Waals surface area contributed by atoms with E-state index in [0.29, 0.717) is 18.5 Å². The van der Waals surface area contributed by atoms with Crippen LogP contribution < -0.4 is 10.2 Å². The molecule has 0 bridgehead atoms. The summed E-state index contributed by atoms with van der Waals surface area (Å²) in [5, 5.41) is 7.37. The van der Waals surface area contributed by atoms with Gasteiger partial charge in [0.2, 0.25) is 5.91 Å². The van der Waals surface area contributed by atoms with Crippen molar-refractivity contribution in [3.05, 3.63) is 35.9 Å². The third-order valence-electron chi connectivity index (χ3n) is 4.76. The van der Waals surface area contributed by atoms with E-state index in [1.54, 1.807) is 36.4 Å². The smallest absolute Gasteiger partial charge is 0.407 e. The zero-order chi connectivity index (χ0) is 21.2. The molecule has 1 saturated carbocycles. The minimum Gasteiger partial charge on any atom is -0.444 e. The summed E-state index contributed by atoms with van der Waals surface area (Å²) in [6.45, 7) is 5.45. The third kappa shape index (κ3) is 5.26. The molecule has 9 heteroatoms. The Morgan fingerprint density at radius 3 is 2.76 bits per heavy atom. The van der Waals surface area contributed by atoms with Gasteiger partial charge in [-0.05, 0) is 52.2 Å². The topological polar surface area (TPSA) is 89.4 Å². The molecule has 2 aromatic heterocycles. The van der Waals surface area contributed by atoms with Gasteiger partial charge in [0, 0.05) is 25.2 Å². The van der Waals surface area contributed by atoms with Crippen LogP contribution in [0.1, 0.15) is 40.0 Å². The number of nitrogens with one attached hydrogen (secondary N) is 1. The summed E-state index contributed by atoms with van der Waals surface area (Å²) in [4.78, 5) is 30.5. The Labute approximate surface area is 175 Å². The number of rotatable bonds is 4. The van der Waals surface area contributed by atoms with Gasteiger partial charge in [-0.2, -0.15) is 5.10 Å². The van der Waals surface area contributed by atoms with Crippen LogP contribution in [0.2, 0.25) is 5.15 Å². The van der Waals surface area contributed by atoms with Crippen LogP contribution >= 0.6 is 11.6 Å². The second-order valence-corrected chi connectivity index (χ2v) is 8.57. The summed E-state index contributed by atoms with van der Waals surface area (Å²) in [6.07, 6.45) is 6.58. The molecule has 8 nitrogen and oxygen atoms in total. The number of pyridine rings is 1. The molecule has 0 aliphatic heterocycles. The molecule has 29 heavy (non-hydrogen) atoms. The lowest BCUT2D eigenvalue weighted by Gasteiger charge is -2.22. The van der Waals surface area contributed by atoms with E-state index in [0.717, 1.165) is 12.1 Å². The molecule has 0 unspecified atom stereocenters. The number of amides is 2. The standard InChI is InChI=1S/C20H26ClN5O3/c1-20(2,3)29-19(28)23-14-8-7-13(10-14)18(27)25(4)16-12-26(24-17(16)21)15-6-5-9-22-11-15/h5-6,9,11-14H,7-8,10H2,1-4H3,(H,23,28)/t13-,14+/m1/s1. The lowest BCUT2D eigenvalue weighted by atomic mass is 10.1. The first kappa shape index (κ1) is 21.1. The van der Waals surface area contributed by atoms with E-state index in [1.165, 1.54) is 4.90 Å². The van der Waals surface area contributed by atoms with Gasteiger partial charge in [0.15, 0.2) is 5.15 Å². The predicted molar refractivity (Wildman–Crippen MR) is 110 cm³/mol. The number of carbonyl (C=O) groups excluding carboxylic acids is 2. The zero-order valence-electron chi connectivity index (χ0n) is 17.1. The van der Waals surface area contributed by atoms with Crippen LogP contribution in [0.4, 0.5) is 10.5 Å². The van der Waals surface area contributed by atoms with Crippen LogP contribution in [-0.2, 0) is 9.53 Å². The SMILES string of the molecule is CN(C(=O)[C@@H]1CC[C@H](NC(=O)OC(C)(C)C)C1)c1cn(-c2cccnc2)nc1Cl. The molecule has 2 aromatic rings. The number of anilines is 1. The predicted octanol–water partition coefficient (Wildman–Crippen LogP) is 3.58. The zero-order valence-corrected chi connectivity index (χ0v) is 17.8. The number of aromatic nitrogens is 3. The summed E-state index contributed by atoms with van der Waals surface area (Å²) < 4.78 is 6.89. The van der Waals surface area contributed by atoms with Crippen LogP contribution in [0.3, 0.4) is 0 Å². The van der Waals surface area contributed by atoms with Crippen LogP contribution in [0.15, 0.2) is 30.7 Å². The van der Waals surface area contributed by atoms with Crippen LogP contribution in [0.25, 0.3) is 5.69 Å². The molecule has 1 N–H and O–H groups in total. The minimum atomic E-state index is -0.552. The maximum absolute atomic E-state index is 13.0. The lowest BCUT2D eigenvalue weighted by molar-refractivity contribution is -0.121. The van der Waals surface area contributed by atoms with Gasteiger partial charge in [0.05, 0.1) is 18.1 Å². The molecule has 2 atom stereocenters. The number of hydrogen-bond acceptors (Lipinski definition) is 5. The molecular weight excluding hydrogens is 394 g/mol. The van der Waals surface area contributed by atoms with Crippen molar-refractivity contribution in [2.45, 2.75) is 51.7 Å². The molecule has 2 amide bonds.